The van der Waals surface area contributed by atoms with Crippen LogP contribution in [0.25, 0.3) is 0 Å². The minimum Gasteiger partial charge on any atom is -0.494 e. The molecule has 3 rings (SSSR count). The molecule has 2 amide bonds. The Bertz CT molecular complexity index is 1280. The number of halogens is 1. The summed E-state index contributed by atoms with van der Waals surface area (Å²) in [7, 11) is 1.48. The summed E-state index contributed by atoms with van der Waals surface area (Å²) < 4.78 is 11.2. The van der Waals surface area contributed by atoms with E-state index in [0.29, 0.717) is 33.5 Å². The average molecular weight is 526 g/mol. The van der Waals surface area contributed by atoms with E-state index in [9.17, 15) is 9.59 Å². The van der Waals surface area contributed by atoms with Crippen LogP contribution in [0.4, 0.5) is 11.4 Å². The van der Waals surface area contributed by atoms with Gasteiger partial charge in [0.1, 0.15) is 11.5 Å². The molecule has 0 bridgehead atoms. The predicted octanol–water partition coefficient (Wildman–Crippen LogP) is 5.92. The largest absolute Gasteiger partial charge is 0.494 e. The van der Waals surface area contributed by atoms with Crippen molar-refractivity contribution >= 4 is 52.1 Å². The monoisotopic (exact) mass is 525 g/mol. The van der Waals surface area contributed by atoms with Crippen molar-refractivity contribution in [3.8, 4) is 11.5 Å². The maximum atomic E-state index is 12.6. The van der Waals surface area contributed by atoms with Crippen molar-refractivity contribution in [2.45, 2.75) is 26.7 Å². The first-order valence-electron chi connectivity index (χ1n) is 11.3. The van der Waals surface area contributed by atoms with E-state index in [4.69, 9.17) is 33.3 Å². The first-order chi connectivity index (χ1) is 17.2. The van der Waals surface area contributed by atoms with Gasteiger partial charge in [-0.15, -0.1) is 0 Å². The number of ether oxygens (including phenoxy) is 2. The molecule has 7 nitrogen and oxygen atoms in total. The number of nitrogens with one attached hydrogen (secondary N) is 3. The molecule has 0 heterocycles. The molecule has 0 atom stereocenters. The van der Waals surface area contributed by atoms with Crippen LogP contribution >= 0.6 is 23.8 Å². The zero-order valence-corrected chi connectivity index (χ0v) is 22.0. The van der Waals surface area contributed by atoms with Crippen molar-refractivity contribution in [1.82, 2.24) is 5.32 Å². The van der Waals surface area contributed by atoms with Crippen LogP contribution in [-0.2, 0) is 4.79 Å². The minimum atomic E-state index is -0.390. The van der Waals surface area contributed by atoms with E-state index < -0.39 is 0 Å². The molecule has 0 unspecified atom stereocenters. The van der Waals surface area contributed by atoms with E-state index in [2.05, 4.69) is 29.8 Å². The smallest absolute Gasteiger partial charge is 0.264 e. The molecule has 0 saturated heterocycles. The summed E-state index contributed by atoms with van der Waals surface area (Å²) in [6.45, 7) is 5.93. The number of hydrogen-bond acceptors (Lipinski definition) is 5. The lowest BCUT2D eigenvalue weighted by molar-refractivity contribution is -0.121. The molecule has 0 aliphatic rings. The first-order valence-corrected chi connectivity index (χ1v) is 12.0. The molecular weight excluding hydrogens is 498 g/mol. The Morgan fingerprint density at radius 1 is 1.00 bits per heavy atom. The normalized spacial score (nSPS) is 10.5. The Hall–Kier alpha value is -3.62. The van der Waals surface area contributed by atoms with Crippen LogP contribution in [0.15, 0.2) is 60.7 Å². The number of carbonyl (C=O) groups excluding carboxylic acids is 2. The summed E-state index contributed by atoms with van der Waals surface area (Å²) in [4.78, 5) is 25.0. The van der Waals surface area contributed by atoms with Crippen molar-refractivity contribution in [2.75, 3.05) is 24.4 Å². The number of carbonyl (C=O) groups is 2. The quantitative estimate of drug-likeness (QED) is 0.316. The van der Waals surface area contributed by atoms with Crippen LogP contribution in [-0.4, -0.2) is 30.6 Å². The molecule has 0 radical (unpaired) electrons. The molecular formula is C27H28ClN3O4S. The second kappa shape index (κ2) is 12.4. The van der Waals surface area contributed by atoms with Crippen molar-refractivity contribution in [2.24, 2.45) is 0 Å². The van der Waals surface area contributed by atoms with E-state index in [0.717, 1.165) is 11.1 Å². The summed E-state index contributed by atoms with van der Waals surface area (Å²) >= 11 is 11.4. The third kappa shape index (κ3) is 7.19. The maximum Gasteiger partial charge on any atom is 0.264 e. The Kier molecular flexibility index (Phi) is 9.27. The van der Waals surface area contributed by atoms with Crippen LogP contribution in [0.2, 0.25) is 5.02 Å². The van der Waals surface area contributed by atoms with Gasteiger partial charge in [-0.3, -0.25) is 14.9 Å². The molecule has 0 saturated carbocycles. The number of amides is 2. The molecule has 3 aromatic carbocycles. The molecule has 3 N–H and O–H groups in total. The fraction of sp³-hybridized carbons (Fsp3) is 0.222. The van der Waals surface area contributed by atoms with E-state index >= 15 is 0 Å². The Morgan fingerprint density at radius 2 is 1.75 bits per heavy atom. The number of thiocarbonyl (C=S) groups is 1. The summed E-state index contributed by atoms with van der Waals surface area (Å²) in [5.74, 6) is 0.589. The summed E-state index contributed by atoms with van der Waals surface area (Å²) in [6, 6.07) is 17.7. The van der Waals surface area contributed by atoms with Gasteiger partial charge in [0.05, 0.1) is 23.4 Å². The lowest BCUT2D eigenvalue weighted by atomic mass is 10.0. The number of hydrogen-bond donors (Lipinski definition) is 3. The highest BCUT2D eigenvalue weighted by molar-refractivity contribution is 7.80. The molecule has 0 aromatic heterocycles. The Balaban J connectivity index is 1.59. The average Bonchev–Trinajstić information content (AvgIpc) is 2.83. The van der Waals surface area contributed by atoms with Crippen LogP contribution < -0.4 is 25.4 Å². The lowest BCUT2D eigenvalue weighted by Crippen LogP contribution is -2.37. The number of rotatable bonds is 8. The molecule has 0 aliphatic carbocycles. The molecule has 3 aromatic rings. The van der Waals surface area contributed by atoms with E-state index in [1.54, 1.807) is 42.5 Å². The van der Waals surface area contributed by atoms with Crippen LogP contribution in [0.5, 0.6) is 11.5 Å². The number of benzene rings is 3. The topological polar surface area (TPSA) is 88.7 Å². The highest BCUT2D eigenvalue weighted by Crippen LogP contribution is 2.29. The summed E-state index contributed by atoms with van der Waals surface area (Å²) in [5.41, 5.74) is 3.45. The first kappa shape index (κ1) is 27.0. The SMILES string of the molecule is COc1cc(NC(=S)NC(=O)COc2cc(C)ccc2C(C)C)ccc1NC(=O)c1ccccc1Cl. The van der Waals surface area contributed by atoms with E-state index in [1.807, 2.05) is 25.1 Å². The third-order valence-corrected chi connectivity index (χ3v) is 5.76. The van der Waals surface area contributed by atoms with Crippen molar-refractivity contribution in [3.63, 3.8) is 0 Å². The maximum absolute atomic E-state index is 12.6. The molecule has 0 spiro atoms. The number of methoxy groups -OCH3 is 1. The fourth-order valence-electron chi connectivity index (χ4n) is 3.42. The van der Waals surface area contributed by atoms with Crippen LogP contribution in [0.3, 0.4) is 0 Å². The number of anilines is 2. The molecule has 188 valence electrons. The highest BCUT2D eigenvalue weighted by atomic mass is 35.5. The van der Waals surface area contributed by atoms with Gasteiger partial charge in [-0.05, 0) is 66.5 Å². The third-order valence-electron chi connectivity index (χ3n) is 5.23. The van der Waals surface area contributed by atoms with Crippen LogP contribution in [0, 0.1) is 6.92 Å². The molecule has 36 heavy (non-hydrogen) atoms. The molecule has 0 fully saturated rings. The Labute approximate surface area is 221 Å². The van der Waals surface area contributed by atoms with Crippen molar-refractivity contribution < 1.29 is 19.1 Å². The van der Waals surface area contributed by atoms with Crippen LogP contribution in [0.1, 0.15) is 41.3 Å². The minimum absolute atomic E-state index is 0.104. The van der Waals surface area contributed by atoms with Crippen molar-refractivity contribution in [1.29, 1.82) is 0 Å². The summed E-state index contributed by atoms with van der Waals surface area (Å²) in [5, 5.41) is 8.78. The summed E-state index contributed by atoms with van der Waals surface area (Å²) in [6.07, 6.45) is 0. The van der Waals surface area contributed by atoms with Gasteiger partial charge in [0.2, 0.25) is 0 Å². The molecule has 0 aliphatic heterocycles. The van der Waals surface area contributed by atoms with E-state index in [-0.39, 0.29) is 29.5 Å². The number of aryl methyl sites for hydroxylation is 1. The second-order valence-electron chi connectivity index (χ2n) is 8.34. The van der Waals surface area contributed by atoms with Gasteiger partial charge in [-0.25, -0.2) is 0 Å². The van der Waals surface area contributed by atoms with E-state index in [1.165, 1.54) is 7.11 Å². The Morgan fingerprint density at radius 3 is 2.44 bits per heavy atom. The second-order valence-corrected chi connectivity index (χ2v) is 9.15. The van der Waals surface area contributed by atoms with Gasteiger partial charge in [0.15, 0.2) is 11.7 Å². The fourth-order valence-corrected chi connectivity index (χ4v) is 3.87. The van der Waals surface area contributed by atoms with Crippen molar-refractivity contribution in [3.05, 3.63) is 82.4 Å². The van der Waals surface area contributed by atoms with Gasteiger partial charge in [0, 0.05) is 11.8 Å². The zero-order chi connectivity index (χ0) is 26.2. The molecule has 9 heteroatoms. The predicted molar refractivity (Wildman–Crippen MR) is 148 cm³/mol. The van der Waals surface area contributed by atoms with Gasteiger partial charge in [-0.1, -0.05) is 49.7 Å². The lowest BCUT2D eigenvalue weighted by Gasteiger charge is -2.16. The van der Waals surface area contributed by atoms with Gasteiger partial charge < -0.3 is 20.1 Å². The standard InChI is InChI=1S/C27H28ClN3O4S/c1-16(2)19-11-9-17(3)13-23(19)35-15-25(32)31-27(36)29-18-10-12-22(24(14-18)34-4)30-26(33)20-7-5-6-8-21(20)28/h5-14,16H,15H2,1-4H3,(H,30,33)(H2,29,31,32,36). The van der Waals surface area contributed by atoms with Gasteiger partial charge >= 0.3 is 0 Å². The zero-order valence-electron chi connectivity index (χ0n) is 20.5. The van der Waals surface area contributed by atoms with Gasteiger partial charge in [0.25, 0.3) is 11.8 Å². The van der Waals surface area contributed by atoms with Gasteiger partial charge in [-0.2, -0.15) is 0 Å². The highest BCUT2D eigenvalue weighted by Gasteiger charge is 2.14.